The van der Waals surface area contributed by atoms with Gasteiger partial charge in [0, 0.05) is 97.1 Å². The molecule has 0 aliphatic rings. The fraction of sp³-hybridized carbons (Fsp3) is 0.127. The summed E-state index contributed by atoms with van der Waals surface area (Å²) >= 11 is 0. The highest BCUT2D eigenvalue weighted by molar-refractivity contribution is 7.53. The highest BCUT2D eigenvalue weighted by atomic mass is 31.2. The molecule has 119 heavy (non-hydrogen) atoms. The van der Waals surface area contributed by atoms with Crippen molar-refractivity contribution in [1.82, 2.24) is 0 Å². The van der Waals surface area contributed by atoms with Gasteiger partial charge in [0.15, 0.2) is 0 Å². The summed E-state index contributed by atoms with van der Waals surface area (Å²) in [4.78, 5) is 17.5. The average Bonchev–Trinajstić information content (AvgIpc) is 0.758. The molecular formula is C102H89N5O10P2. The van der Waals surface area contributed by atoms with Gasteiger partial charge in [-0.25, -0.2) is 0 Å². The van der Waals surface area contributed by atoms with Gasteiger partial charge in [-0.05, 0) is 271 Å². The number of rotatable bonds is 29. The van der Waals surface area contributed by atoms with E-state index in [4.69, 9.17) is 32.7 Å². The first kappa shape index (κ1) is 83.4. The number of benzene rings is 15. The number of ether oxygens (including phenoxy) is 5. The summed E-state index contributed by atoms with van der Waals surface area (Å²) in [6, 6.07) is 112. The number of hydrogen-bond acceptors (Lipinski definition) is 15. The van der Waals surface area contributed by atoms with Crippen molar-refractivity contribution in [3.63, 3.8) is 0 Å². The minimum atomic E-state index is -3.27. The molecule has 0 fully saturated rings. The van der Waals surface area contributed by atoms with E-state index in [9.17, 15) is 24.4 Å². The van der Waals surface area contributed by atoms with Gasteiger partial charge in [-0.2, -0.15) is 10.5 Å². The van der Waals surface area contributed by atoms with Gasteiger partial charge >= 0.3 is 7.60 Å². The number of aldehydes is 1. The molecule has 0 atom stereocenters. The topological polar surface area (TPSA) is 173 Å². The van der Waals surface area contributed by atoms with Crippen molar-refractivity contribution in [1.29, 1.82) is 10.5 Å². The highest BCUT2D eigenvalue weighted by Crippen LogP contribution is 2.52. The SMILES string of the molecule is CCOC(OCC)(P=O)c1ccc2c(C#N)c3cc(CP(=O)(OCC)OCC)ccc3cc2c1.COc1ccc(N(c2ccccc2)c2ccc(C=Cc3ccc4c(C#N)c5cc(C=Cc6ccc(N(c7ccccc7)c7ccc(OC)cc7)cc6)ccc5cc4c3)cc2)cc1.COc1ccc(N(c2ccccc2)c2ccc(C=O)cc2)cc1. The van der Waals surface area contributed by atoms with Crippen molar-refractivity contribution in [2.24, 2.45) is 0 Å². The van der Waals surface area contributed by atoms with E-state index in [1.807, 2.05) is 153 Å². The lowest BCUT2D eigenvalue weighted by molar-refractivity contribution is -0.176. The van der Waals surface area contributed by atoms with E-state index in [0.29, 0.717) is 35.5 Å². The van der Waals surface area contributed by atoms with Crippen LogP contribution in [0, 0.1) is 22.7 Å². The Morgan fingerprint density at radius 2 is 0.689 bits per heavy atom. The van der Waals surface area contributed by atoms with Crippen LogP contribution in [0.3, 0.4) is 0 Å². The fourth-order valence-electron chi connectivity index (χ4n) is 14.3. The standard InChI is InChI=1S/C57H43N3O2.C25H29NO6P2.C20H17NO2/c1-61-53-32-28-51(29-33-53)59(47-9-5-3-6-10-47)49-24-18-41(19-25-49)13-15-43-22-36-55-46(37-43)39-45-23-17-44(38-56(45)57(55)40-58)16-14-42-20-26-50(27-21-42)60(48-11-7-4-8-12-48)52-30-34-54(62-2)35-31-52;1-5-29-25(33-27,30-6-2)21-11-12-22-20(15-21)14-19-10-9-18(13-23(19)24(22)16-26)17-34(28,31-7-3)32-8-4;1-23-20-13-11-19(12-14-20)21(17-5-3-2-4-6-17)18-9-7-16(15-22)8-10-18/h3-39H,1-2H3;9-15H,5-8,17H2,1-4H3;2-15H,1H3. The molecule has 0 aliphatic carbocycles. The Morgan fingerprint density at radius 3 is 1.07 bits per heavy atom. The highest BCUT2D eigenvalue weighted by Gasteiger charge is 2.36. The molecule has 0 amide bonds. The summed E-state index contributed by atoms with van der Waals surface area (Å²) in [7, 11) is 1.44. The first-order valence-corrected chi connectivity index (χ1v) is 41.7. The monoisotopic (exact) mass is 1610 g/mol. The van der Waals surface area contributed by atoms with Gasteiger partial charge in [0.2, 0.25) is 8.46 Å². The van der Waals surface area contributed by atoms with Crippen LogP contribution in [0.4, 0.5) is 51.2 Å². The van der Waals surface area contributed by atoms with E-state index in [2.05, 4.69) is 227 Å². The predicted molar refractivity (Wildman–Crippen MR) is 486 cm³/mol. The number of methoxy groups -OCH3 is 3. The summed E-state index contributed by atoms with van der Waals surface area (Å²) in [6.45, 7) is 8.40. The summed E-state index contributed by atoms with van der Waals surface area (Å²) in [5, 5.41) is 27.6. The maximum atomic E-state index is 13.0. The third-order valence-corrected chi connectivity index (χ3v) is 22.8. The number of nitriles is 2. The van der Waals surface area contributed by atoms with Crippen LogP contribution < -0.4 is 28.9 Å². The number of carbonyl (C=O) groups is 1. The van der Waals surface area contributed by atoms with E-state index < -0.39 is 13.1 Å². The zero-order valence-corrected chi connectivity index (χ0v) is 69.0. The molecule has 15 aromatic carbocycles. The second-order valence-electron chi connectivity index (χ2n) is 27.5. The molecule has 592 valence electrons. The Balaban J connectivity index is 0.000000179. The van der Waals surface area contributed by atoms with Crippen LogP contribution in [-0.4, -0.2) is 54.0 Å². The molecule has 0 bridgehead atoms. The lowest BCUT2D eigenvalue weighted by atomic mass is 9.94. The zero-order chi connectivity index (χ0) is 83.1. The van der Waals surface area contributed by atoms with Crippen molar-refractivity contribution >= 4 is 141 Å². The quantitative estimate of drug-likeness (QED) is 0.0142. The molecule has 0 saturated carbocycles. The molecule has 0 heterocycles. The molecule has 0 unspecified atom stereocenters. The number of para-hydroxylation sites is 3. The van der Waals surface area contributed by atoms with E-state index in [-0.39, 0.29) is 27.8 Å². The smallest absolute Gasteiger partial charge is 0.335 e. The molecule has 0 radical (unpaired) electrons. The zero-order valence-electron chi connectivity index (χ0n) is 67.2. The first-order valence-electron chi connectivity index (χ1n) is 39.2. The summed E-state index contributed by atoms with van der Waals surface area (Å²) < 4.78 is 63.4. The maximum Gasteiger partial charge on any atom is 0.335 e. The predicted octanol–water partition coefficient (Wildman–Crippen LogP) is 27.2. The van der Waals surface area contributed by atoms with Crippen LogP contribution in [-0.2, 0) is 39.3 Å². The maximum absolute atomic E-state index is 13.0. The molecule has 0 spiro atoms. The fourth-order valence-corrected chi connectivity index (χ4v) is 16.6. The number of carbonyl (C=O) groups excluding carboxylic acids is 1. The molecule has 15 aromatic rings. The Morgan fingerprint density at radius 1 is 0.353 bits per heavy atom. The molecule has 0 aliphatic heterocycles. The number of nitrogens with zero attached hydrogens (tertiary/aromatic N) is 5. The molecule has 0 aromatic heterocycles. The molecular weight excluding hydrogens is 1520 g/mol. The normalized spacial score (nSPS) is 11.4. The molecule has 0 N–H and O–H groups in total. The van der Waals surface area contributed by atoms with E-state index in [0.717, 1.165) is 146 Å². The minimum absolute atomic E-state index is 0.125. The number of hydrogen-bond donors (Lipinski definition) is 0. The van der Waals surface area contributed by atoms with Gasteiger partial charge in [-0.3, -0.25) is 13.9 Å². The van der Waals surface area contributed by atoms with Crippen LogP contribution in [0.1, 0.15) is 82.6 Å². The second-order valence-corrected chi connectivity index (χ2v) is 30.3. The Kier molecular flexibility index (Phi) is 27.9. The summed E-state index contributed by atoms with van der Waals surface area (Å²) in [5.41, 5.74) is 15.5. The van der Waals surface area contributed by atoms with Gasteiger partial charge in [-0.15, -0.1) is 0 Å². The van der Waals surface area contributed by atoms with Crippen molar-refractivity contribution < 1.29 is 46.7 Å². The Bertz CT molecular complexity index is 6170. The van der Waals surface area contributed by atoms with E-state index in [1.165, 1.54) is 0 Å². The Hall–Kier alpha value is -13.6. The number of fused-ring (bicyclic) bond motifs is 4. The van der Waals surface area contributed by atoms with Crippen molar-refractivity contribution in [2.75, 3.05) is 62.5 Å². The minimum Gasteiger partial charge on any atom is -0.497 e. The van der Waals surface area contributed by atoms with Crippen LogP contribution >= 0.6 is 16.1 Å². The summed E-state index contributed by atoms with van der Waals surface area (Å²) in [5.74, 6) is 2.46. The van der Waals surface area contributed by atoms with Gasteiger partial charge in [0.25, 0.3) is 5.53 Å². The van der Waals surface area contributed by atoms with E-state index >= 15 is 0 Å². The van der Waals surface area contributed by atoms with Gasteiger partial charge in [-0.1, -0.05) is 152 Å². The number of anilines is 9. The molecule has 17 heteroatoms. The molecule has 15 nitrogen and oxygen atoms in total. The van der Waals surface area contributed by atoms with Crippen LogP contribution in [0.2, 0.25) is 0 Å². The van der Waals surface area contributed by atoms with Crippen LogP contribution in [0.15, 0.2) is 322 Å². The van der Waals surface area contributed by atoms with Crippen molar-refractivity contribution in [3.05, 3.63) is 372 Å². The Labute approximate surface area is 696 Å². The third-order valence-electron chi connectivity index (χ3n) is 20.0. The van der Waals surface area contributed by atoms with Crippen LogP contribution in [0.5, 0.6) is 17.2 Å². The van der Waals surface area contributed by atoms with Crippen LogP contribution in [0.25, 0.3) is 67.4 Å². The molecule has 15 rings (SSSR count). The molecule has 0 saturated heterocycles. The lowest BCUT2D eigenvalue weighted by Crippen LogP contribution is -2.27. The summed E-state index contributed by atoms with van der Waals surface area (Å²) in [6.07, 6.45) is 9.46. The van der Waals surface area contributed by atoms with Gasteiger partial charge < -0.3 is 47.4 Å². The third kappa shape index (κ3) is 19.9. The van der Waals surface area contributed by atoms with Gasteiger partial charge in [0.1, 0.15) is 35.7 Å². The first-order chi connectivity index (χ1) is 58.3. The average molecular weight is 1610 g/mol. The second kappa shape index (κ2) is 39.9. The van der Waals surface area contributed by atoms with E-state index in [1.54, 1.807) is 41.2 Å². The largest absolute Gasteiger partial charge is 0.497 e. The lowest BCUT2D eigenvalue weighted by Gasteiger charge is -2.27. The van der Waals surface area contributed by atoms with Crippen molar-refractivity contribution in [3.8, 4) is 29.4 Å². The van der Waals surface area contributed by atoms with Crippen molar-refractivity contribution in [2.45, 2.75) is 39.4 Å². The van der Waals surface area contributed by atoms with Gasteiger partial charge in [0.05, 0.1) is 51.8 Å².